The van der Waals surface area contributed by atoms with Gasteiger partial charge in [-0.15, -0.1) is 11.3 Å². The van der Waals surface area contributed by atoms with Crippen LogP contribution in [0, 0.1) is 6.92 Å². The van der Waals surface area contributed by atoms with Gasteiger partial charge in [0.25, 0.3) is 5.91 Å². The molecule has 1 aromatic heterocycles. The van der Waals surface area contributed by atoms with Crippen LogP contribution in [0.15, 0.2) is 6.07 Å². The van der Waals surface area contributed by atoms with Crippen molar-refractivity contribution in [1.82, 2.24) is 5.32 Å². The first kappa shape index (κ1) is 10.3. The Kier molecular flexibility index (Phi) is 3.48. The van der Waals surface area contributed by atoms with Gasteiger partial charge in [0, 0.05) is 11.4 Å². The van der Waals surface area contributed by atoms with E-state index in [1.54, 1.807) is 11.3 Å². The summed E-state index contributed by atoms with van der Waals surface area (Å²) in [5.41, 5.74) is 1.23. The van der Waals surface area contributed by atoms with Crippen molar-refractivity contribution in [3.8, 4) is 0 Å². The number of aryl methyl sites for hydroxylation is 2. The summed E-state index contributed by atoms with van der Waals surface area (Å²) in [6.45, 7) is 6.79. The highest BCUT2D eigenvalue weighted by molar-refractivity contribution is 7.14. The minimum atomic E-state index is 0.0512. The van der Waals surface area contributed by atoms with Crippen molar-refractivity contribution in [3.63, 3.8) is 0 Å². The molecule has 0 aliphatic rings. The van der Waals surface area contributed by atoms with Crippen LogP contribution in [0.5, 0.6) is 0 Å². The first-order chi connectivity index (χ1) is 6.19. The fourth-order valence-electron chi connectivity index (χ4n) is 1.23. The molecule has 2 nitrogen and oxygen atoms in total. The summed E-state index contributed by atoms with van der Waals surface area (Å²) in [5.74, 6) is 0.0512. The number of nitrogens with one attached hydrogen (secondary N) is 1. The molecule has 0 radical (unpaired) electrons. The molecule has 0 aliphatic heterocycles. The zero-order valence-electron chi connectivity index (χ0n) is 8.31. The van der Waals surface area contributed by atoms with Crippen LogP contribution in [0.3, 0.4) is 0 Å². The maximum absolute atomic E-state index is 11.4. The zero-order chi connectivity index (χ0) is 9.84. The first-order valence-electron chi connectivity index (χ1n) is 4.56. The fourth-order valence-corrected chi connectivity index (χ4v) is 2.26. The Morgan fingerprint density at radius 2 is 2.23 bits per heavy atom. The van der Waals surface area contributed by atoms with Gasteiger partial charge < -0.3 is 5.32 Å². The van der Waals surface area contributed by atoms with E-state index in [4.69, 9.17) is 0 Å². The molecule has 0 atom stereocenters. The molecule has 1 rings (SSSR count). The van der Waals surface area contributed by atoms with Crippen molar-refractivity contribution in [1.29, 1.82) is 0 Å². The van der Waals surface area contributed by atoms with Gasteiger partial charge in [-0.2, -0.15) is 0 Å². The second-order valence-electron chi connectivity index (χ2n) is 2.93. The van der Waals surface area contributed by atoms with Crippen molar-refractivity contribution >= 4 is 17.2 Å². The lowest BCUT2D eigenvalue weighted by atomic mass is 10.2. The Labute approximate surface area is 83.0 Å². The summed E-state index contributed by atoms with van der Waals surface area (Å²) in [4.78, 5) is 13.6. The number of carbonyl (C=O) groups is 1. The van der Waals surface area contributed by atoms with Crippen LogP contribution < -0.4 is 5.32 Å². The molecular weight excluding hydrogens is 182 g/mol. The molecule has 0 saturated heterocycles. The summed E-state index contributed by atoms with van der Waals surface area (Å²) < 4.78 is 0. The summed E-state index contributed by atoms with van der Waals surface area (Å²) in [6.07, 6.45) is 1.01. The van der Waals surface area contributed by atoms with Crippen LogP contribution in [0.2, 0.25) is 0 Å². The summed E-state index contributed by atoms with van der Waals surface area (Å²) in [5, 5.41) is 2.80. The lowest BCUT2D eigenvalue weighted by molar-refractivity contribution is 0.0960. The van der Waals surface area contributed by atoms with E-state index >= 15 is 0 Å². The average molecular weight is 197 g/mol. The van der Waals surface area contributed by atoms with Gasteiger partial charge in [0.05, 0.1) is 4.88 Å². The standard InChI is InChI=1S/C10H15NOS/c1-4-8-7(3)6-9(13-8)10(12)11-5-2/h6H,4-5H2,1-3H3,(H,11,12). The molecule has 13 heavy (non-hydrogen) atoms. The summed E-state index contributed by atoms with van der Waals surface area (Å²) >= 11 is 1.60. The number of carbonyl (C=O) groups excluding carboxylic acids is 1. The molecule has 3 heteroatoms. The van der Waals surface area contributed by atoms with Gasteiger partial charge in [-0.05, 0) is 31.9 Å². The third-order valence-corrected chi connectivity index (χ3v) is 3.28. The minimum Gasteiger partial charge on any atom is -0.352 e. The number of rotatable bonds is 3. The van der Waals surface area contributed by atoms with Crippen LogP contribution >= 0.6 is 11.3 Å². The van der Waals surface area contributed by atoms with Gasteiger partial charge in [-0.1, -0.05) is 6.92 Å². The van der Waals surface area contributed by atoms with E-state index in [9.17, 15) is 4.79 Å². The van der Waals surface area contributed by atoms with Gasteiger partial charge in [0.1, 0.15) is 0 Å². The molecular formula is C10H15NOS. The molecule has 0 saturated carbocycles. The maximum atomic E-state index is 11.4. The highest BCUT2D eigenvalue weighted by Crippen LogP contribution is 2.21. The Bertz CT molecular complexity index is 304. The topological polar surface area (TPSA) is 29.1 Å². The van der Waals surface area contributed by atoms with Crippen LogP contribution in [0.4, 0.5) is 0 Å². The fraction of sp³-hybridized carbons (Fsp3) is 0.500. The molecule has 0 spiro atoms. The van der Waals surface area contributed by atoms with Crippen molar-refractivity contribution in [2.24, 2.45) is 0 Å². The van der Waals surface area contributed by atoms with E-state index in [-0.39, 0.29) is 5.91 Å². The maximum Gasteiger partial charge on any atom is 0.261 e. The molecule has 0 bridgehead atoms. The van der Waals surface area contributed by atoms with E-state index in [1.165, 1.54) is 10.4 Å². The molecule has 1 heterocycles. The normalized spacial score (nSPS) is 10.1. The van der Waals surface area contributed by atoms with Crippen molar-refractivity contribution in [2.45, 2.75) is 27.2 Å². The predicted molar refractivity (Wildman–Crippen MR) is 56.4 cm³/mol. The van der Waals surface area contributed by atoms with Crippen molar-refractivity contribution in [2.75, 3.05) is 6.54 Å². The van der Waals surface area contributed by atoms with Crippen LogP contribution in [-0.4, -0.2) is 12.5 Å². The third kappa shape index (κ3) is 2.31. The van der Waals surface area contributed by atoms with E-state index in [0.717, 1.165) is 11.3 Å². The zero-order valence-corrected chi connectivity index (χ0v) is 9.12. The van der Waals surface area contributed by atoms with Crippen LogP contribution in [0.1, 0.15) is 34.0 Å². The Morgan fingerprint density at radius 3 is 2.69 bits per heavy atom. The Morgan fingerprint density at radius 1 is 1.54 bits per heavy atom. The summed E-state index contributed by atoms with van der Waals surface area (Å²) in [7, 11) is 0. The minimum absolute atomic E-state index is 0.0512. The van der Waals surface area contributed by atoms with Crippen molar-refractivity contribution in [3.05, 3.63) is 21.4 Å². The van der Waals surface area contributed by atoms with Gasteiger partial charge in [-0.3, -0.25) is 4.79 Å². The van der Waals surface area contributed by atoms with E-state index in [2.05, 4.69) is 19.2 Å². The molecule has 0 unspecified atom stereocenters. The average Bonchev–Trinajstić information content (AvgIpc) is 2.47. The number of hydrogen-bond donors (Lipinski definition) is 1. The van der Waals surface area contributed by atoms with Crippen LogP contribution in [0.25, 0.3) is 0 Å². The molecule has 1 N–H and O–H groups in total. The SMILES string of the molecule is CCNC(=O)c1cc(C)c(CC)s1. The van der Waals surface area contributed by atoms with Crippen molar-refractivity contribution < 1.29 is 4.79 Å². The predicted octanol–water partition coefficient (Wildman–Crippen LogP) is 2.37. The third-order valence-electron chi connectivity index (χ3n) is 1.90. The van der Waals surface area contributed by atoms with Crippen LogP contribution in [-0.2, 0) is 6.42 Å². The lowest BCUT2D eigenvalue weighted by Crippen LogP contribution is -2.21. The summed E-state index contributed by atoms with van der Waals surface area (Å²) in [6, 6.07) is 1.97. The van der Waals surface area contributed by atoms with E-state index in [0.29, 0.717) is 6.54 Å². The highest BCUT2D eigenvalue weighted by Gasteiger charge is 2.09. The first-order valence-corrected chi connectivity index (χ1v) is 5.38. The molecule has 0 aliphatic carbocycles. The molecule has 1 amide bonds. The Balaban J connectivity index is 2.84. The van der Waals surface area contributed by atoms with Gasteiger partial charge in [0.2, 0.25) is 0 Å². The highest BCUT2D eigenvalue weighted by atomic mass is 32.1. The van der Waals surface area contributed by atoms with Gasteiger partial charge in [-0.25, -0.2) is 0 Å². The second-order valence-corrected chi connectivity index (χ2v) is 4.07. The number of amides is 1. The smallest absolute Gasteiger partial charge is 0.261 e. The lowest BCUT2D eigenvalue weighted by Gasteiger charge is -1.96. The largest absolute Gasteiger partial charge is 0.352 e. The quantitative estimate of drug-likeness (QED) is 0.792. The molecule has 0 aromatic carbocycles. The molecule has 0 fully saturated rings. The molecule has 72 valence electrons. The number of thiophene rings is 1. The Hall–Kier alpha value is -0.830. The van der Waals surface area contributed by atoms with E-state index in [1.807, 2.05) is 13.0 Å². The van der Waals surface area contributed by atoms with Gasteiger partial charge >= 0.3 is 0 Å². The van der Waals surface area contributed by atoms with Gasteiger partial charge in [0.15, 0.2) is 0 Å². The second kappa shape index (κ2) is 4.42. The molecule has 1 aromatic rings. The monoisotopic (exact) mass is 197 g/mol. The van der Waals surface area contributed by atoms with E-state index < -0.39 is 0 Å². The number of hydrogen-bond acceptors (Lipinski definition) is 2.